The fourth-order valence-corrected chi connectivity index (χ4v) is 2.36. The van der Waals surface area contributed by atoms with Crippen LogP contribution in [0.3, 0.4) is 0 Å². The zero-order chi connectivity index (χ0) is 13.5. The number of nitrogens with one attached hydrogen (secondary N) is 1. The van der Waals surface area contributed by atoms with Crippen molar-refractivity contribution in [2.75, 3.05) is 24.0 Å². The average Bonchev–Trinajstić information content (AvgIpc) is 2.36. The third-order valence-electron chi connectivity index (χ3n) is 2.91. The molecule has 1 atom stereocenters. The van der Waals surface area contributed by atoms with E-state index in [9.17, 15) is 0 Å². The van der Waals surface area contributed by atoms with Crippen molar-refractivity contribution < 1.29 is 0 Å². The van der Waals surface area contributed by atoms with Crippen LogP contribution in [-0.4, -0.2) is 36.1 Å². The number of rotatable bonds is 7. The summed E-state index contributed by atoms with van der Waals surface area (Å²) in [4.78, 5) is 6.95. The molecule has 0 aromatic carbocycles. The molecule has 0 saturated carbocycles. The van der Waals surface area contributed by atoms with E-state index in [2.05, 4.69) is 62.5 Å². The van der Waals surface area contributed by atoms with Gasteiger partial charge in [-0.25, -0.2) is 4.98 Å². The molecule has 0 radical (unpaired) electrons. The molecule has 1 heterocycles. The zero-order valence-electron chi connectivity index (χ0n) is 12.1. The van der Waals surface area contributed by atoms with Gasteiger partial charge in [-0.2, -0.15) is 11.8 Å². The van der Waals surface area contributed by atoms with Crippen LogP contribution in [0, 0.1) is 0 Å². The van der Waals surface area contributed by atoms with Crippen LogP contribution in [0.5, 0.6) is 0 Å². The van der Waals surface area contributed by atoms with E-state index in [1.165, 1.54) is 0 Å². The maximum atomic E-state index is 4.70. The molecule has 1 unspecified atom stereocenters. The number of anilines is 1. The minimum Gasteiger partial charge on any atom is -0.356 e. The first-order valence-electron chi connectivity index (χ1n) is 6.45. The number of thioether (sulfide) groups is 1. The lowest BCUT2D eigenvalue weighted by atomic mass is 10.3. The molecule has 0 bridgehead atoms. The highest BCUT2D eigenvalue weighted by atomic mass is 32.2. The molecule has 0 spiro atoms. The SMILES string of the molecule is CSCC(C)N(C)c1cccc(CNC(C)C)n1. The third-order valence-corrected chi connectivity index (χ3v) is 3.73. The second-order valence-corrected chi connectivity index (χ2v) is 5.85. The quantitative estimate of drug-likeness (QED) is 0.822. The van der Waals surface area contributed by atoms with Gasteiger partial charge in [-0.1, -0.05) is 19.9 Å². The Balaban J connectivity index is 2.68. The van der Waals surface area contributed by atoms with E-state index in [1.54, 1.807) is 0 Å². The Morgan fingerprint density at radius 3 is 2.67 bits per heavy atom. The van der Waals surface area contributed by atoms with Crippen LogP contribution in [-0.2, 0) is 6.54 Å². The second-order valence-electron chi connectivity index (χ2n) is 4.94. The predicted molar refractivity (Wildman–Crippen MR) is 82.5 cm³/mol. The van der Waals surface area contributed by atoms with Gasteiger partial charge in [0.15, 0.2) is 0 Å². The van der Waals surface area contributed by atoms with Crippen LogP contribution in [0.2, 0.25) is 0 Å². The van der Waals surface area contributed by atoms with Gasteiger partial charge in [0.1, 0.15) is 5.82 Å². The molecule has 4 heteroatoms. The van der Waals surface area contributed by atoms with E-state index in [4.69, 9.17) is 4.98 Å². The van der Waals surface area contributed by atoms with Gasteiger partial charge < -0.3 is 10.2 Å². The van der Waals surface area contributed by atoms with Gasteiger partial charge in [0.2, 0.25) is 0 Å². The number of nitrogens with zero attached hydrogens (tertiary/aromatic N) is 2. The molecule has 0 aliphatic heterocycles. The molecule has 0 amide bonds. The van der Waals surface area contributed by atoms with E-state index in [1.807, 2.05) is 11.8 Å². The van der Waals surface area contributed by atoms with Crippen molar-refractivity contribution in [1.82, 2.24) is 10.3 Å². The first kappa shape index (κ1) is 15.3. The van der Waals surface area contributed by atoms with E-state index >= 15 is 0 Å². The van der Waals surface area contributed by atoms with Gasteiger partial charge in [-0.05, 0) is 25.3 Å². The molecule has 0 fully saturated rings. The van der Waals surface area contributed by atoms with Crippen molar-refractivity contribution in [3.63, 3.8) is 0 Å². The van der Waals surface area contributed by atoms with Crippen molar-refractivity contribution in [3.8, 4) is 0 Å². The third kappa shape index (κ3) is 4.86. The molecule has 1 N–H and O–H groups in total. The smallest absolute Gasteiger partial charge is 0.128 e. The summed E-state index contributed by atoms with van der Waals surface area (Å²) in [5.41, 5.74) is 1.10. The van der Waals surface area contributed by atoms with Crippen LogP contribution >= 0.6 is 11.8 Å². The molecular formula is C14H25N3S. The molecule has 1 aromatic rings. The molecule has 1 rings (SSSR count). The Morgan fingerprint density at radius 2 is 2.06 bits per heavy atom. The minimum absolute atomic E-state index is 0.489. The number of hydrogen-bond donors (Lipinski definition) is 1. The summed E-state index contributed by atoms with van der Waals surface area (Å²) in [6.07, 6.45) is 2.14. The Kier molecular flexibility index (Phi) is 6.50. The first-order chi connectivity index (χ1) is 8.54. The summed E-state index contributed by atoms with van der Waals surface area (Å²) in [6.45, 7) is 7.36. The van der Waals surface area contributed by atoms with Crippen LogP contribution in [0.4, 0.5) is 5.82 Å². The summed E-state index contributed by atoms with van der Waals surface area (Å²) < 4.78 is 0. The van der Waals surface area contributed by atoms with Crippen LogP contribution in [0.15, 0.2) is 18.2 Å². The molecular weight excluding hydrogens is 242 g/mol. The normalized spacial score (nSPS) is 12.8. The predicted octanol–water partition coefficient (Wildman–Crippen LogP) is 2.77. The van der Waals surface area contributed by atoms with E-state index in [-0.39, 0.29) is 0 Å². The highest BCUT2D eigenvalue weighted by Crippen LogP contribution is 2.14. The largest absolute Gasteiger partial charge is 0.356 e. The molecule has 0 saturated heterocycles. The molecule has 3 nitrogen and oxygen atoms in total. The Morgan fingerprint density at radius 1 is 1.33 bits per heavy atom. The Hall–Kier alpha value is -0.740. The van der Waals surface area contributed by atoms with Gasteiger partial charge >= 0.3 is 0 Å². The molecule has 1 aromatic heterocycles. The van der Waals surface area contributed by atoms with Crippen LogP contribution in [0.1, 0.15) is 26.5 Å². The Labute approximate surface area is 115 Å². The molecule has 102 valence electrons. The summed E-state index contributed by atoms with van der Waals surface area (Å²) in [6, 6.07) is 7.23. The fourth-order valence-electron chi connectivity index (χ4n) is 1.65. The van der Waals surface area contributed by atoms with Crippen LogP contribution < -0.4 is 10.2 Å². The number of pyridine rings is 1. The highest BCUT2D eigenvalue weighted by molar-refractivity contribution is 7.98. The zero-order valence-corrected chi connectivity index (χ0v) is 12.9. The highest BCUT2D eigenvalue weighted by Gasteiger charge is 2.10. The van der Waals surface area contributed by atoms with Gasteiger partial charge in [-0.15, -0.1) is 0 Å². The van der Waals surface area contributed by atoms with Crippen molar-refractivity contribution in [2.45, 2.75) is 39.4 Å². The molecule has 0 aliphatic carbocycles. The minimum atomic E-state index is 0.489. The average molecular weight is 267 g/mol. The Bertz CT molecular complexity index is 355. The van der Waals surface area contributed by atoms with Gasteiger partial charge in [0, 0.05) is 31.4 Å². The summed E-state index contributed by atoms with van der Waals surface area (Å²) in [5.74, 6) is 2.17. The fraction of sp³-hybridized carbons (Fsp3) is 0.643. The van der Waals surface area contributed by atoms with Gasteiger partial charge in [0.25, 0.3) is 0 Å². The molecule has 0 aliphatic rings. The van der Waals surface area contributed by atoms with Gasteiger partial charge in [-0.3, -0.25) is 0 Å². The number of hydrogen-bond acceptors (Lipinski definition) is 4. The van der Waals surface area contributed by atoms with E-state index in [0.717, 1.165) is 23.8 Å². The summed E-state index contributed by atoms with van der Waals surface area (Å²) in [5, 5.41) is 3.40. The topological polar surface area (TPSA) is 28.2 Å². The lowest BCUT2D eigenvalue weighted by molar-refractivity contribution is 0.581. The number of aromatic nitrogens is 1. The summed E-state index contributed by atoms with van der Waals surface area (Å²) >= 11 is 1.87. The summed E-state index contributed by atoms with van der Waals surface area (Å²) in [7, 11) is 2.11. The van der Waals surface area contributed by atoms with Crippen molar-refractivity contribution >= 4 is 17.6 Å². The monoisotopic (exact) mass is 267 g/mol. The lowest BCUT2D eigenvalue weighted by Crippen LogP contribution is -2.32. The van der Waals surface area contributed by atoms with Gasteiger partial charge in [0.05, 0.1) is 5.69 Å². The van der Waals surface area contributed by atoms with E-state index in [0.29, 0.717) is 12.1 Å². The maximum Gasteiger partial charge on any atom is 0.128 e. The maximum absolute atomic E-state index is 4.70. The van der Waals surface area contributed by atoms with Crippen molar-refractivity contribution in [3.05, 3.63) is 23.9 Å². The van der Waals surface area contributed by atoms with Crippen LogP contribution in [0.25, 0.3) is 0 Å². The lowest BCUT2D eigenvalue weighted by Gasteiger charge is -2.25. The van der Waals surface area contributed by atoms with Crippen molar-refractivity contribution in [1.29, 1.82) is 0 Å². The first-order valence-corrected chi connectivity index (χ1v) is 7.85. The molecule has 18 heavy (non-hydrogen) atoms. The van der Waals surface area contributed by atoms with E-state index < -0.39 is 0 Å². The van der Waals surface area contributed by atoms with Crippen molar-refractivity contribution in [2.24, 2.45) is 0 Å². The second kappa shape index (κ2) is 7.64. The standard InChI is InChI=1S/C14H25N3S/c1-11(2)15-9-13-7-6-8-14(16-13)17(4)12(3)10-18-5/h6-8,11-12,15H,9-10H2,1-5H3.